The van der Waals surface area contributed by atoms with Gasteiger partial charge in [0.15, 0.2) is 0 Å². The summed E-state index contributed by atoms with van der Waals surface area (Å²) in [4.78, 5) is 17.9. The maximum atomic E-state index is 4.49. The molecule has 2 aromatic rings. The molecule has 0 spiro atoms. The summed E-state index contributed by atoms with van der Waals surface area (Å²) in [6.07, 6.45) is 8.94. The molecule has 5 heteroatoms. The van der Waals surface area contributed by atoms with Crippen LogP contribution in [0.4, 0.5) is 5.82 Å². The number of aromatic nitrogens is 3. The molecule has 0 radical (unpaired) electrons. The third-order valence-electron chi connectivity index (χ3n) is 5.20. The Labute approximate surface area is 151 Å². The summed E-state index contributed by atoms with van der Waals surface area (Å²) in [7, 11) is 2.17. The van der Waals surface area contributed by atoms with Crippen LogP contribution in [0.2, 0.25) is 0 Å². The molecular formula is C20H29N5. The Morgan fingerprint density at radius 3 is 2.56 bits per heavy atom. The molecule has 0 aliphatic carbocycles. The van der Waals surface area contributed by atoms with Gasteiger partial charge >= 0.3 is 0 Å². The van der Waals surface area contributed by atoms with Gasteiger partial charge in [-0.2, -0.15) is 0 Å². The van der Waals surface area contributed by atoms with Crippen molar-refractivity contribution >= 4 is 5.82 Å². The van der Waals surface area contributed by atoms with Crippen molar-refractivity contribution in [3.63, 3.8) is 0 Å². The molecule has 0 saturated carbocycles. The van der Waals surface area contributed by atoms with E-state index in [1.54, 1.807) is 6.33 Å². The fourth-order valence-corrected chi connectivity index (χ4v) is 3.42. The number of hydrogen-bond acceptors (Lipinski definition) is 5. The smallest absolute Gasteiger partial charge is 0.132 e. The molecule has 2 aromatic heterocycles. The van der Waals surface area contributed by atoms with E-state index in [9.17, 15) is 0 Å². The molecule has 0 amide bonds. The van der Waals surface area contributed by atoms with Crippen LogP contribution in [0.1, 0.15) is 43.9 Å². The fraction of sp³-hybridized carbons (Fsp3) is 0.550. The summed E-state index contributed by atoms with van der Waals surface area (Å²) in [5, 5.41) is 0. The molecular weight excluding hydrogens is 310 g/mol. The summed E-state index contributed by atoms with van der Waals surface area (Å²) < 4.78 is 0. The Bertz CT molecular complexity index is 650. The second kappa shape index (κ2) is 8.39. The average Bonchev–Trinajstić information content (AvgIpc) is 2.67. The minimum absolute atomic E-state index is 0.435. The highest BCUT2D eigenvalue weighted by atomic mass is 15.2. The molecule has 134 valence electrons. The lowest BCUT2D eigenvalue weighted by molar-refractivity contribution is 0.213. The standard InChI is InChI=1S/C20H29N5/c1-16(2)19-14-20(23-15-22-19)24(3)18-7-12-25(13-8-18)11-6-17-4-9-21-10-5-17/h4-5,9-10,14-16,18H,6-8,11-13H2,1-3H3. The Kier molecular flexibility index (Phi) is 5.97. The first-order chi connectivity index (χ1) is 12.1. The van der Waals surface area contributed by atoms with Crippen molar-refractivity contribution in [1.29, 1.82) is 0 Å². The van der Waals surface area contributed by atoms with Gasteiger partial charge in [-0.1, -0.05) is 13.8 Å². The molecule has 3 rings (SSSR count). The maximum absolute atomic E-state index is 4.49. The quantitative estimate of drug-likeness (QED) is 0.809. The summed E-state index contributed by atoms with van der Waals surface area (Å²) in [5.41, 5.74) is 2.49. The summed E-state index contributed by atoms with van der Waals surface area (Å²) in [6, 6.07) is 6.93. The van der Waals surface area contributed by atoms with Crippen LogP contribution in [0.25, 0.3) is 0 Å². The number of likely N-dealkylation sites (tertiary alicyclic amines) is 1. The molecule has 0 atom stereocenters. The molecule has 1 fully saturated rings. The second-order valence-electron chi connectivity index (χ2n) is 7.24. The number of rotatable bonds is 6. The minimum atomic E-state index is 0.435. The second-order valence-corrected chi connectivity index (χ2v) is 7.24. The van der Waals surface area contributed by atoms with Crippen molar-refractivity contribution in [2.45, 2.75) is 45.1 Å². The van der Waals surface area contributed by atoms with E-state index in [4.69, 9.17) is 0 Å². The minimum Gasteiger partial charge on any atom is -0.356 e. The number of hydrogen-bond donors (Lipinski definition) is 0. The maximum Gasteiger partial charge on any atom is 0.132 e. The average molecular weight is 339 g/mol. The summed E-state index contributed by atoms with van der Waals surface area (Å²) in [6.45, 7) is 7.79. The molecule has 0 unspecified atom stereocenters. The predicted octanol–water partition coefficient (Wildman–Crippen LogP) is 3.14. The van der Waals surface area contributed by atoms with Crippen LogP contribution in [-0.2, 0) is 6.42 Å². The van der Waals surface area contributed by atoms with Crippen molar-refractivity contribution < 1.29 is 0 Å². The molecule has 1 aliphatic heterocycles. The zero-order chi connectivity index (χ0) is 17.6. The summed E-state index contributed by atoms with van der Waals surface area (Å²) in [5.74, 6) is 1.49. The monoisotopic (exact) mass is 339 g/mol. The van der Waals surface area contributed by atoms with Crippen LogP contribution < -0.4 is 4.90 Å². The first kappa shape index (κ1) is 17.8. The van der Waals surface area contributed by atoms with Crippen LogP contribution in [0.3, 0.4) is 0 Å². The van der Waals surface area contributed by atoms with Gasteiger partial charge < -0.3 is 9.80 Å². The highest BCUT2D eigenvalue weighted by molar-refractivity contribution is 5.40. The van der Waals surface area contributed by atoms with Crippen molar-refractivity contribution in [2.24, 2.45) is 0 Å². The number of piperidine rings is 1. The molecule has 3 heterocycles. The molecule has 1 saturated heterocycles. The largest absolute Gasteiger partial charge is 0.356 e. The molecule has 25 heavy (non-hydrogen) atoms. The number of nitrogens with zero attached hydrogens (tertiary/aromatic N) is 5. The highest BCUT2D eigenvalue weighted by Crippen LogP contribution is 2.22. The molecule has 5 nitrogen and oxygen atoms in total. The van der Waals surface area contributed by atoms with Gasteiger partial charge in [0.25, 0.3) is 0 Å². The van der Waals surface area contributed by atoms with E-state index in [2.05, 4.69) is 63.8 Å². The predicted molar refractivity (Wildman–Crippen MR) is 102 cm³/mol. The number of pyridine rings is 1. The number of anilines is 1. The van der Waals surface area contributed by atoms with Crippen molar-refractivity contribution in [3.8, 4) is 0 Å². The zero-order valence-electron chi connectivity index (χ0n) is 15.6. The molecule has 0 N–H and O–H groups in total. The van der Waals surface area contributed by atoms with E-state index in [-0.39, 0.29) is 0 Å². The third-order valence-corrected chi connectivity index (χ3v) is 5.20. The van der Waals surface area contributed by atoms with E-state index in [0.717, 1.165) is 37.6 Å². The van der Waals surface area contributed by atoms with Crippen LogP contribution in [-0.4, -0.2) is 52.6 Å². The Morgan fingerprint density at radius 2 is 1.88 bits per heavy atom. The highest BCUT2D eigenvalue weighted by Gasteiger charge is 2.23. The Hall–Kier alpha value is -2.01. The van der Waals surface area contributed by atoms with Gasteiger partial charge in [0.05, 0.1) is 0 Å². The van der Waals surface area contributed by atoms with Crippen LogP contribution in [0.5, 0.6) is 0 Å². The zero-order valence-corrected chi connectivity index (χ0v) is 15.6. The topological polar surface area (TPSA) is 45.2 Å². The molecule has 0 aromatic carbocycles. The van der Waals surface area contributed by atoms with Gasteiger partial charge in [0, 0.05) is 56.9 Å². The Balaban J connectivity index is 1.50. The normalized spacial score (nSPS) is 16.3. The fourth-order valence-electron chi connectivity index (χ4n) is 3.42. The van der Waals surface area contributed by atoms with Gasteiger partial charge in [-0.15, -0.1) is 0 Å². The molecule has 0 bridgehead atoms. The van der Waals surface area contributed by atoms with Crippen molar-refractivity contribution in [2.75, 3.05) is 31.6 Å². The van der Waals surface area contributed by atoms with Gasteiger partial charge in [0.1, 0.15) is 12.1 Å². The van der Waals surface area contributed by atoms with E-state index >= 15 is 0 Å². The van der Waals surface area contributed by atoms with Crippen molar-refractivity contribution in [1.82, 2.24) is 19.9 Å². The third kappa shape index (κ3) is 4.75. The first-order valence-corrected chi connectivity index (χ1v) is 9.29. The SMILES string of the molecule is CC(C)c1cc(N(C)C2CCN(CCc3ccncc3)CC2)ncn1. The van der Waals surface area contributed by atoms with Gasteiger partial charge in [-0.05, 0) is 42.9 Å². The van der Waals surface area contributed by atoms with Crippen LogP contribution >= 0.6 is 0 Å². The van der Waals surface area contributed by atoms with Crippen LogP contribution in [0, 0.1) is 0 Å². The lowest BCUT2D eigenvalue weighted by Crippen LogP contribution is -2.44. The van der Waals surface area contributed by atoms with E-state index in [1.165, 1.54) is 18.4 Å². The molecule has 1 aliphatic rings. The van der Waals surface area contributed by atoms with Crippen molar-refractivity contribution in [3.05, 3.63) is 48.2 Å². The lowest BCUT2D eigenvalue weighted by Gasteiger charge is -2.37. The van der Waals surface area contributed by atoms with Crippen LogP contribution in [0.15, 0.2) is 36.9 Å². The van der Waals surface area contributed by atoms with E-state index in [1.807, 2.05) is 12.4 Å². The van der Waals surface area contributed by atoms with E-state index < -0.39 is 0 Å². The summed E-state index contributed by atoms with van der Waals surface area (Å²) >= 11 is 0. The van der Waals surface area contributed by atoms with Gasteiger partial charge in [-0.25, -0.2) is 9.97 Å². The van der Waals surface area contributed by atoms with Gasteiger partial charge in [0.2, 0.25) is 0 Å². The lowest BCUT2D eigenvalue weighted by atomic mass is 10.0. The first-order valence-electron chi connectivity index (χ1n) is 9.29. The van der Waals surface area contributed by atoms with Gasteiger partial charge in [-0.3, -0.25) is 4.98 Å². The Morgan fingerprint density at radius 1 is 1.16 bits per heavy atom. The van der Waals surface area contributed by atoms with E-state index in [0.29, 0.717) is 12.0 Å².